The predicted octanol–water partition coefficient (Wildman–Crippen LogP) is 3.68. The SMILES string of the molecule is O=C(NCc1ccccc1)Nc1ccc2c(c1)CC(c1ccc3c(c1)CNC3)S2(=O)=O. The van der Waals surface area contributed by atoms with Gasteiger partial charge in [0.15, 0.2) is 9.84 Å². The highest BCUT2D eigenvalue weighted by atomic mass is 32.2. The molecule has 0 aliphatic carbocycles. The lowest BCUT2D eigenvalue weighted by atomic mass is 10.00. The van der Waals surface area contributed by atoms with Gasteiger partial charge in [-0.15, -0.1) is 0 Å². The Kier molecular flexibility index (Phi) is 5.00. The fourth-order valence-corrected chi connectivity index (χ4v) is 6.30. The number of anilines is 1. The summed E-state index contributed by atoms with van der Waals surface area (Å²) in [6.45, 7) is 2.02. The predicted molar refractivity (Wildman–Crippen MR) is 119 cm³/mol. The standard InChI is InChI=1S/C24H23N3O3S/c28-24(26-13-16-4-2-1-3-5-16)27-21-8-9-22-19(11-21)12-23(31(22,29)30)17-6-7-18-14-25-15-20(18)10-17/h1-11,23,25H,12-15H2,(H2,26,27,28). The van der Waals surface area contributed by atoms with Gasteiger partial charge in [-0.3, -0.25) is 0 Å². The van der Waals surface area contributed by atoms with Gasteiger partial charge in [0, 0.05) is 25.3 Å². The quantitative estimate of drug-likeness (QED) is 0.586. The Morgan fingerprint density at radius 2 is 1.74 bits per heavy atom. The number of sulfone groups is 1. The zero-order valence-corrected chi connectivity index (χ0v) is 17.7. The van der Waals surface area contributed by atoms with Crippen LogP contribution in [0.2, 0.25) is 0 Å². The Labute approximate surface area is 181 Å². The van der Waals surface area contributed by atoms with Crippen molar-refractivity contribution >= 4 is 21.6 Å². The van der Waals surface area contributed by atoms with E-state index in [2.05, 4.69) is 16.0 Å². The van der Waals surface area contributed by atoms with E-state index in [0.29, 0.717) is 23.5 Å². The van der Waals surface area contributed by atoms with Crippen molar-refractivity contribution in [2.45, 2.75) is 36.2 Å². The van der Waals surface area contributed by atoms with Crippen molar-refractivity contribution in [2.24, 2.45) is 0 Å². The van der Waals surface area contributed by atoms with E-state index in [0.717, 1.165) is 29.8 Å². The first-order valence-electron chi connectivity index (χ1n) is 10.3. The van der Waals surface area contributed by atoms with E-state index in [1.165, 1.54) is 11.1 Å². The van der Waals surface area contributed by atoms with Crippen LogP contribution in [0.1, 0.15) is 33.1 Å². The molecular weight excluding hydrogens is 410 g/mol. The summed E-state index contributed by atoms with van der Waals surface area (Å²) < 4.78 is 26.3. The molecule has 31 heavy (non-hydrogen) atoms. The van der Waals surface area contributed by atoms with Gasteiger partial charge >= 0.3 is 6.03 Å². The third-order valence-corrected chi connectivity index (χ3v) is 8.13. The summed E-state index contributed by atoms with van der Waals surface area (Å²) in [6.07, 6.45) is 0.408. The van der Waals surface area contributed by atoms with Crippen LogP contribution in [-0.2, 0) is 35.9 Å². The molecule has 3 N–H and O–H groups in total. The van der Waals surface area contributed by atoms with Crippen molar-refractivity contribution < 1.29 is 13.2 Å². The van der Waals surface area contributed by atoms with Crippen LogP contribution in [0, 0.1) is 0 Å². The van der Waals surface area contributed by atoms with Crippen molar-refractivity contribution in [2.75, 3.05) is 5.32 Å². The largest absolute Gasteiger partial charge is 0.334 e. The Bertz CT molecular complexity index is 1260. The molecule has 3 aromatic rings. The molecule has 2 heterocycles. The molecule has 2 aliphatic rings. The van der Waals surface area contributed by atoms with Crippen molar-refractivity contribution in [1.29, 1.82) is 0 Å². The van der Waals surface area contributed by atoms with Gasteiger partial charge in [0.25, 0.3) is 0 Å². The molecule has 0 radical (unpaired) electrons. The van der Waals surface area contributed by atoms with E-state index in [4.69, 9.17) is 0 Å². The minimum Gasteiger partial charge on any atom is -0.334 e. The molecule has 2 aliphatic heterocycles. The van der Waals surface area contributed by atoms with Crippen molar-refractivity contribution in [3.05, 3.63) is 94.5 Å². The van der Waals surface area contributed by atoms with E-state index < -0.39 is 15.1 Å². The number of nitrogens with one attached hydrogen (secondary N) is 3. The summed E-state index contributed by atoms with van der Waals surface area (Å²) in [5.74, 6) is 0. The number of amides is 2. The number of urea groups is 1. The smallest absolute Gasteiger partial charge is 0.319 e. The molecule has 3 aromatic carbocycles. The molecule has 0 fully saturated rings. The number of benzene rings is 3. The molecule has 5 rings (SSSR count). The number of carbonyl (C=O) groups is 1. The molecule has 1 atom stereocenters. The highest BCUT2D eigenvalue weighted by Crippen LogP contribution is 2.42. The second kappa shape index (κ2) is 7.83. The third-order valence-electron chi connectivity index (χ3n) is 5.93. The van der Waals surface area contributed by atoms with E-state index in [1.807, 2.05) is 48.5 Å². The molecule has 0 bridgehead atoms. The average molecular weight is 434 g/mol. The van der Waals surface area contributed by atoms with E-state index in [9.17, 15) is 13.2 Å². The molecule has 1 unspecified atom stereocenters. The Balaban J connectivity index is 1.32. The third kappa shape index (κ3) is 3.82. The van der Waals surface area contributed by atoms with E-state index >= 15 is 0 Å². The van der Waals surface area contributed by atoms with Crippen LogP contribution in [0.5, 0.6) is 0 Å². The second-order valence-corrected chi connectivity index (χ2v) is 10.1. The van der Waals surface area contributed by atoms with Crippen molar-refractivity contribution in [3.8, 4) is 0 Å². The first kappa shape index (κ1) is 19.8. The lowest BCUT2D eigenvalue weighted by Gasteiger charge is -2.11. The van der Waals surface area contributed by atoms with Gasteiger partial charge in [0.1, 0.15) is 0 Å². The van der Waals surface area contributed by atoms with E-state index in [1.54, 1.807) is 18.2 Å². The highest BCUT2D eigenvalue weighted by molar-refractivity contribution is 7.92. The molecule has 0 aromatic heterocycles. The van der Waals surface area contributed by atoms with Crippen LogP contribution in [0.4, 0.5) is 10.5 Å². The summed E-state index contributed by atoms with van der Waals surface area (Å²) in [5.41, 5.74) is 5.55. The average Bonchev–Trinajstić information content (AvgIpc) is 3.34. The molecule has 0 saturated heterocycles. The first-order chi connectivity index (χ1) is 15.0. The molecule has 7 heteroatoms. The van der Waals surface area contributed by atoms with Crippen molar-refractivity contribution in [3.63, 3.8) is 0 Å². The summed E-state index contributed by atoms with van der Waals surface area (Å²) in [6, 6.07) is 20.3. The highest BCUT2D eigenvalue weighted by Gasteiger charge is 2.38. The summed E-state index contributed by atoms with van der Waals surface area (Å²) in [4.78, 5) is 12.6. The van der Waals surface area contributed by atoms with Crippen LogP contribution >= 0.6 is 0 Å². The number of rotatable bonds is 4. The zero-order valence-electron chi connectivity index (χ0n) is 16.9. The summed E-state index contributed by atoms with van der Waals surface area (Å²) in [5, 5.41) is 8.33. The fourth-order valence-electron chi connectivity index (χ4n) is 4.32. The number of fused-ring (bicyclic) bond motifs is 2. The monoisotopic (exact) mass is 433 g/mol. The summed E-state index contributed by atoms with van der Waals surface area (Å²) >= 11 is 0. The molecule has 2 amide bonds. The normalized spacial score (nSPS) is 18.3. The van der Waals surface area contributed by atoms with Gasteiger partial charge < -0.3 is 16.0 Å². The van der Waals surface area contributed by atoms with Crippen LogP contribution in [-0.4, -0.2) is 14.4 Å². The molecule has 158 valence electrons. The van der Waals surface area contributed by atoms with Gasteiger partial charge in [0.05, 0.1) is 10.1 Å². The van der Waals surface area contributed by atoms with Gasteiger partial charge in [-0.25, -0.2) is 13.2 Å². The zero-order chi connectivity index (χ0) is 21.4. The van der Waals surface area contributed by atoms with Gasteiger partial charge in [-0.05, 0) is 52.4 Å². The van der Waals surface area contributed by atoms with Gasteiger partial charge in [-0.2, -0.15) is 0 Å². The Morgan fingerprint density at radius 3 is 2.58 bits per heavy atom. The van der Waals surface area contributed by atoms with Crippen LogP contribution in [0.15, 0.2) is 71.6 Å². The Morgan fingerprint density at radius 1 is 0.935 bits per heavy atom. The van der Waals surface area contributed by atoms with E-state index in [-0.39, 0.29) is 6.03 Å². The topological polar surface area (TPSA) is 87.3 Å². The minimum atomic E-state index is -3.46. The fraction of sp³-hybridized carbons (Fsp3) is 0.208. The minimum absolute atomic E-state index is 0.327. The molecule has 0 spiro atoms. The maximum atomic E-state index is 13.2. The van der Waals surface area contributed by atoms with Crippen LogP contribution in [0.3, 0.4) is 0 Å². The second-order valence-electron chi connectivity index (χ2n) is 7.99. The number of hydrogen-bond acceptors (Lipinski definition) is 4. The maximum Gasteiger partial charge on any atom is 0.319 e. The van der Waals surface area contributed by atoms with Gasteiger partial charge in [0.2, 0.25) is 0 Å². The number of carbonyl (C=O) groups excluding carboxylic acids is 1. The van der Waals surface area contributed by atoms with Gasteiger partial charge in [-0.1, -0.05) is 48.5 Å². The van der Waals surface area contributed by atoms with Crippen LogP contribution in [0.25, 0.3) is 0 Å². The lowest BCUT2D eigenvalue weighted by molar-refractivity contribution is 0.251. The number of hydrogen-bond donors (Lipinski definition) is 3. The summed E-state index contributed by atoms with van der Waals surface area (Å²) in [7, 11) is -3.46. The molecule has 6 nitrogen and oxygen atoms in total. The maximum absolute atomic E-state index is 13.2. The lowest BCUT2D eigenvalue weighted by Crippen LogP contribution is -2.28. The Hall–Kier alpha value is -3.16. The van der Waals surface area contributed by atoms with Crippen molar-refractivity contribution in [1.82, 2.24) is 10.6 Å². The van der Waals surface area contributed by atoms with Crippen LogP contribution < -0.4 is 16.0 Å². The first-order valence-corrected chi connectivity index (χ1v) is 11.8. The molecule has 0 saturated carbocycles. The molecular formula is C24H23N3O3S.